The summed E-state index contributed by atoms with van der Waals surface area (Å²) in [7, 11) is 0. The van der Waals surface area contributed by atoms with Crippen LogP contribution < -0.4 is 5.32 Å². The lowest BCUT2D eigenvalue weighted by Gasteiger charge is -2.25. The van der Waals surface area contributed by atoms with Gasteiger partial charge < -0.3 is 10.4 Å². The summed E-state index contributed by atoms with van der Waals surface area (Å²) in [6, 6.07) is 2.49. The molecule has 0 aromatic heterocycles. The molecule has 1 heterocycles. The molecule has 1 atom stereocenters. The average Bonchev–Trinajstić information content (AvgIpc) is 2.62. The molecule has 2 rings (SSSR count). The first kappa shape index (κ1) is 10.4. The molecule has 1 aliphatic heterocycles. The molecule has 1 fully saturated rings. The highest BCUT2D eigenvalue weighted by Crippen LogP contribution is 2.35. The summed E-state index contributed by atoms with van der Waals surface area (Å²) >= 11 is 0. The number of halogens is 2. The summed E-state index contributed by atoms with van der Waals surface area (Å²) in [6.07, 6.45) is 1.74. The summed E-state index contributed by atoms with van der Waals surface area (Å²) < 4.78 is 26.5. The Labute approximate surface area is 86.9 Å². The number of benzene rings is 1. The molecule has 1 saturated heterocycles. The van der Waals surface area contributed by atoms with E-state index in [1.807, 2.05) is 6.92 Å². The largest absolute Gasteiger partial charge is 0.503 e. The molecule has 15 heavy (non-hydrogen) atoms. The first-order chi connectivity index (χ1) is 7.04. The van der Waals surface area contributed by atoms with Crippen LogP contribution in [0.5, 0.6) is 5.75 Å². The first-order valence-corrected chi connectivity index (χ1v) is 4.97. The predicted octanol–water partition coefficient (Wildman–Crippen LogP) is 2.27. The van der Waals surface area contributed by atoms with Crippen molar-refractivity contribution in [2.24, 2.45) is 0 Å². The summed E-state index contributed by atoms with van der Waals surface area (Å²) in [5.74, 6) is -2.66. The minimum Gasteiger partial charge on any atom is -0.503 e. The second-order valence-corrected chi connectivity index (χ2v) is 4.12. The van der Waals surface area contributed by atoms with Gasteiger partial charge in [-0.1, -0.05) is 6.07 Å². The molecular weight excluding hydrogens is 200 g/mol. The van der Waals surface area contributed by atoms with Crippen LogP contribution in [0.4, 0.5) is 8.78 Å². The predicted molar refractivity (Wildman–Crippen MR) is 52.6 cm³/mol. The van der Waals surface area contributed by atoms with Gasteiger partial charge >= 0.3 is 0 Å². The SMILES string of the molecule is CC1(c2ccc(F)c(O)c2F)CCCN1. The minimum atomic E-state index is -0.919. The quantitative estimate of drug-likeness (QED) is 0.750. The fraction of sp³-hybridized carbons (Fsp3) is 0.455. The fourth-order valence-corrected chi connectivity index (χ4v) is 2.09. The van der Waals surface area contributed by atoms with Gasteiger partial charge in [0.2, 0.25) is 0 Å². The Balaban J connectivity index is 2.49. The molecule has 0 amide bonds. The third-order valence-electron chi connectivity index (χ3n) is 3.03. The number of phenolic OH excluding ortho intramolecular Hbond substituents is 1. The van der Waals surface area contributed by atoms with Gasteiger partial charge in [-0.05, 0) is 32.4 Å². The van der Waals surface area contributed by atoms with E-state index >= 15 is 0 Å². The Bertz CT molecular complexity index is 386. The van der Waals surface area contributed by atoms with E-state index in [4.69, 9.17) is 0 Å². The Morgan fingerprint density at radius 2 is 2.13 bits per heavy atom. The van der Waals surface area contributed by atoms with Gasteiger partial charge in [-0.15, -0.1) is 0 Å². The molecule has 2 nitrogen and oxygen atoms in total. The lowest BCUT2D eigenvalue weighted by Crippen LogP contribution is -2.34. The minimum absolute atomic E-state index is 0.332. The Morgan fingerprint density at radius 3 is 2.73 bits per heavy atom. The number of aromatic hydroxyl groups is 1. The smallest absolute Gasteiger partial charge is 0.188 e. The molecule has 1 aromatic carbocycles. The van der Waals surface area contributed by atoms with E-state index in [9.17, 15) is 13.9 Å². The van der Waals surface area contributed by atoms with Gasteiger partial charge in [0, 0.05) is 11.1 Å². The van der Waals surface area contributed by atoms with Crippen LogP contribution in [0.3, 0.4) is 0 Å². The van der Waals surface area contributed by atoms with Crippen molar-refractivity contribution in [2.45, 2.75) is 25.3 Å². The van der Waals surface area contributed by atoms with Gasteiger partial charge in [0.1, 0.15) is 0 Å². The van der Waals surface area contributed by atoms with Crippen molar-refractivity contribution in [3.8, 4) is 5.75 Å². The van der Waals surface area contributed by atoms with Gasteiger partial charge in [0.05, 0.1) is 0 Å². The number of nitrogens with one attached hydrogen (secondary N) is 1. The topological polar surface area (TPSA) is 32.3 Å². The second-order valence-electron chi connectivity index (χ2n) is 4.12. The van der Waals surface area contributed by atoms with Crippen LogP contribution in [-0.2, 0) is 5.54 Å². The maximum atomic E-state index is 13.6. The molecule has 0 radical (unpaired) electrons. The van der Waals surface area contributed by atoms with Crippen LogP contribution >= 0.6 is 0 Å². The third kappa shape index (κ3) is 1.59. The molecule has 0 spiro atoms. The van der Waals surface area contributed by atoms with Crippen molar-refractivity contribution in [1.82, 2.24) is 5.32 Å². The maximum absolute atomic E-state index is 13.6. The van der Waals surface area contributed by atoms with Crippen LogP contribution in [0, 0.1) is 11.6 Å². The van der Waals surface area contributed by atoms with Crippen LogP contribution in [0.15, 0.2) is 12.1 Å². The van der Waals surface area contributed by atoms with E-state index in [1.54, 1.807) is 0 Å². The van der Waals surface area contributed by atoms with Gasteiger partial charge in [-0.25, -0.2) is 8.78 Å². The number of hydrogen-bond donors (Lipinski definition) is 2. The summed E-state index contributed by atoms with van der Waals surface area (Å²) in [4.78, 5) is 0. The summed E-state index contributed by atoms with van der Waals surface area (Å²) in [6.45, 7) is 2.67. The number of rotatable bonds is 1. The fourth-order valence-electron chi connectivity index (χ4n) is 2.09. The van der Waals surface area contributed by atoms with Crippen LogP contribution in [-0.4, -0.2) is 11.7 Å². The molecule has 0 bridgehead atoms. The van der Waals surface area contributed by atoms with Gasteiger partial charge in [-0.3, -0.25) is 0 Å². The maximum Gasteiger partial charge on any atom is 0.188 e. The first-order valence-electron chi connectivity index (χ1n) is 4.97. The van der Waals surface area contributed by atoms with Crippen LogP contribution in [0.25, 0.3) is 0 Å². The van der Waals surface area contributed by atoms with Gasteiger partial charge in [-0.2, -0.15) is 0 Å². The lowest BCUT2D eigenvalue weighted by atomic mass is 9.90. The molecule has 4 heteroatoms. The summed E-state index contributed by atoms with van der Waals surface area (Å²) in [5.41, 5.74) is -0.158. The Morgan fingerprint density at radius 1 is 1.40 bits per heavy atom. The van der Waals surface area contributed by atoms with Crippen molar-refractivity contribution in [3.05, 3.63) is 29.3 Å². The van der Waals surface area contributed by atoms with E-state index in [-0.39, 0.29) is 0 Å². The monoisotopic (exact) mass is 213 g/mol. The molecule has 1 aromatic rings. The third-order valence-corrected chi connectivity index (χ3v) is 3.03. The zero-order valence-corrected chi connectivity index (χ0v) is 8.48. The van der Waals surface area contributed by atoms with Crippen molar-refractivity contribution in [1.29, 1.82) is 0 Å². The second kappa shape index (κ2) is 3.45. The average molecular weight is 213 g/mol. The van der Waals surface area contributed by atoms with Crippen LogP contribution in [0.1, 0.15) is 25.3 Å². The highest BCUT2D eigenvalue weighted by atomic mass is 19.1. The zero-order chi connectivity index (χ0) is 11.1. The van der Waals surface area contributed by atoms with E-state index in [2.05, 4.69) is 5.32 Å². The van der Waals surface area contributed by atoms with Gasteiger partial charge in [0.15, 0.2) is 17.4 Å². The highest BCUT2D eigenvalue weighted by Gasteiger charge is 2.33. The van der Waals surface area contributed by atoms with E-state index < -0.39 is 22.9 Å². The molecular formula is C11H13F2NO. The van der Waals surface area contributed by atoms with E-state index in [0.717, 1.165) is 25.5 Å². The molecule has 82 valence electrons. The summed E-state index contributed by atoms with van der Waals surface area (Å²) in [5, 5.41) is 12.3. The lowest BCUT2D eigenvalue weighted by molar-refractivity contribution is 0.365. The van der Waals surface area contributed by atoms with Crippen molar-refractivity contribution >= 4 is 0 Å². The zero-order valence-electron chi connectivity index (χ0n) is 8.48. The molecule has 1 unspecified atom stereocenters. The Hall–Kier alpha value is -1.16. The van der Waals surface area contributed by atoms with Crippen molar-refractivity contribution < 1.29 is 13.9 Å². The standard InChI is InChI=1S/C11H13F2NO/c1-11(5-2-6-14-11)7-3-4-8(12)10(15)9(7)13/h3-4,14-15H,2,5-6H2,1H3. The van der Waals surface area contributed by atoms with Crippen molar-refractivity contribution in [3.63, 3.8) is 0 Å². The van der Waals surface area contributed by atoms with Crippen molar-refractivity contribution in [2.75, 3.05) is 6.54 Å². The van der Waals surface area contributed by atoms with E-state index in [1.165, 1.54) is 6.07 Å². The normalized spacial score (nSPS) is 25.8. The van der Waals surface area contributed by atoms with Gasteiger partial charge in [0.25, 0.3) is 0 Å². The van der Waals surface area contributed by atoms with E-state index in [0.29, 0.717) is 5.56 Å². The highest BCUT2D eigenvalue weighted by molar-refractivity contribution is 5.36. The Kier molecular flexibility index (Phi) is 2.38. The molecule has 0 saturated carbocycles. The molecule has 1 aliphatic rings. The molecule has 0 aliphatic carbocycles. The number of hydrogen-bond acceptors (Lipinski definition) is 2. The molecule has 2 N–H and O–H groups in total. The number of phenols is 1. The van der Waals surface area contributed by atoms with Crippen LogP contribution in [0.2, 0.25) is 0 Å².